The second-order valence-electron chi connectivity index (χ2n) is 8.79. The summed E-state index contributed by atoms with van der Waals surface area (Å²) in [5, 5.41) is 2.82. The summed E-state index contributed by atoms with van der Waals surface area (Å²) < 4.78 is 21.8. The molecule has 1 unspecified atom stereocenters. The third-order valence-electron chi connectivity index (χ3n) is 4.50. The first-order chi connectivity index (χ1) is 15.5. The van der Waals surface area contributed by atoms with Crippen molar-refractivity contribution in [2.24, 2.45) is 5.92 Å². The van der Waals surface area contributed by atoms with Crippen LogP contribution in [0.15, 0.2) is 64.0 Å². The summed E-state index contributed by atoms with van der Waals surface area (Å²) in [4.78, 5) is 37.6. The molecule has 0 radical (unpaired) electrons. The SMILES string of the molecule is CC(C)C(NC(=O)OC(C)(C)C)C(=O)Oc1ccc2c(=O)c(Oc3ccccc3)coc2c1. The molecule has 3 aromatic rings. The monoisotopic (exact) mass is 453 g/mol. The van der Waals surface area contributed by atoms with Crippen molar-refractivity contribution < 1.29 is 28.2 Å². The average molecular weight is 453 g/mol. The number of rotatable bonds is 6. The van der Waals surface area contributed by atoms with Gasteiger partial charge in [-0.1, -0.05) is 32.0 Å². The van der Waals surface area contributed by atoms with E-state index >= 15 is 0 Å². The van der Waals surface area contributed by atoms with Gasteiger partial charge in [-0.15, -0.1) is 0 Å². The molecule has 0 bridgehead atoms. The summed E-state index contributed by atoms with van der Waals surface area (Å²) in [5.74, 6) is -0.196. The molecular formula is C25H27NO7. The lowest BCUT2D eigenvalue weighted by Crippen LogP contribution is -2.48. The highest BCUT2D eigenvalue weighted by Gasteiger charge is 2.28. The molecule has 1 amide bonds. The molecule has 0 saturated carbocycles. The lowest BCUT2D eigenvalue weighted by atomic mass is 10.1. The minimum Gasteiger partial charge on any atom is -0.460 e. The molecule has 2 aromatic carbocycles. The fourth-order valence-corrected chi connectivity index (χ4v) is 2.95. The predicted octanol–water partition coefficient (Wildman–Crippen LogP) is 5.04. The zero-order valence-corrected chi connectivity index (χ0v) is 19.2. The van der Waals surface area contributed by atoms with Gasteiger partial charge < -0.3 is 23.9 Å². The van der Waals surface area contributed by atoms with Gasteiger partial charge >= 0.3 is 12.1 Å². The fourth-order valence-electron chi connectivity index (χ4n) is 2.95. The van der Waals surface area contributed by atoms with Gasteiger partial charge in [0.1, 0.15) is 35.0 Å². The Morgan fingerprint density at radius 2 is 1.70 bits per heavy atom. The lowest BCUT2D eigenvalue weighted by Gasteiger charge is -2.24. The van der Waals surface area contributed by atoms with E-state index in [1.165, 1.54) is 24.5 Å². The first-order valence-corrected chi connectivity index (χ1v) is 10.5. The molecule has 0 spiro atoms. The van der Waals surface area contributed by atoms with Gasteiger partial charge in [-0.05, 0) is 51.0 Å². The molecule has 8 heteroatoms. The van der Waals surface area contributed by atoms with E-state index in [9.17, 15) is 14.4 Å². The highest BCUT2D eigenvalue weighted by atomic mass is 16.6. The number of carbonyl (C=O) groups is 2. The van der Waals surface area contributed by atoms with E-state index < -0.39 is 23.7 Å². The third-order valence-corrected chi connectivity index (χ3v) is 4.50. The van der Waals surface area contributed by atoms with Crippen molar-refractivity contribution in [3.8, 4) is 17.2 Å². The quantitative estimate of drug-likeness (QED) is 0.412. The van der Waals surface area contributed by atoms with Crippen LogP contribution >= 0.6 is 0 Å². The van der Waals surface area contributed by atoms with Gasteiger partial charge in [0, 0.05) is 6.07 Å². The van der Waals surface area contributed by atoms with Crippen LogP contribution in [0.1, 0.15) is 34.6 Å². The number of amides is 1. The summed E-state index contributed by atoms with van der Waals surface area (Å²) >= 11 is 0. The Bertz CT molecular complexity index is 1190. The van der Waals surface area contributed by atoms with Gasteiger partial charge in [-0.3, -0.25) is 4.79 Å². The van der Waals surface area contributed by atoms with E-state index in [2.05, 4.69) is 5.32 Å². The van der Waals surface area contributed by atoms with Crippen molar-refractivity contribution in [1.82, 2.24) is 5.32 Å². The van der Waals surface area contributed by atoms with Gasteiger partial charge in [0.05, 0.1) is 5.39 Å². The number of ether oxygens (including phenoxy) is 3. The summed E-state index contributed by atoms with van der Waals surface area (Å²) in [7, 11) is 0. The molecule has 174 valence electrons. The van der Waals surface area contributed by atoms with Crippen LogP contribution in [0.2, 0.25) is 0 Å². The van der Waals surface area contributed by atoms with E-state index in [0.29, 0.717) is 5.75 Å². The maximum atomic E-state index is 12.7. The van der Waals surface area contributed by atoms with Crippen LogP contribution in [0.25, 0.3) is 11.0 Å². The molecular weight excluding hydrogens is 426 g/mol. The van der Waals surface area contributed by atoms with E-state index in [4.69, 9.17) is 18.6 Å². The Hall–Kier alpha value is -3.81. The Labute approximate surface area is 191 Å². The molecule has 0 aliphatic rings. The number of benzene rings is 2. The van der Waals surface area contributed by atoms with Crippen molar-refractivity contribution >= 4 is 23.0 Å². The van der Waals surface area contributed by atoms with Gasteiger partial charge in [0.15, 0.2) is 0 Å². The van der Waals surface area contributed by atoms with Crippen LogP contribution in [-0.2, 0) is 9.53 Å². The molecule has 0 aliphatic heterocycles. The molecule has 0 aliphatic carbocycles. The minimum absolute atomic E-state index is 0.0416. The number of carbonyl (C=O) groups excluding carboxylic acids is 2. The van der Waals surface area contributed by atoms with Crippen molar-refractivity contribution in [3.63, 3.8) is 0 Å². The molecule has 0 saturated heterocycles. The van der Waals surface area contributed by atoms with Gasteiger partial charge in [-0.2, -0.15) is 0 Å². The second kappa shape index (κ2) is 9.77. The van der Waals surface area contributed by atoms with Crippen LogP contribution < -0.4 is 20.2 Å². The fraction of sp³-hybridized carbons (Fsp3) is 0.320. The third kappa shape index (κ3) is 6.35. The first-order valence-electron chi connectivity index (χ1n) is 10.5. The van der Waals surface area contributed by atoms with Gasteiger partial charge in [0.25, 0.3) is 0 Å². The number of para-hydroxylation sites is 1. The summed E-state index contributed by atoms with van der Waals surface area (Å²) in [6.45, 7) is 8.74. The number of esters is 1. The summed E-state index contributed by atoms with van der Waals surface area (Å²) in [5.41, 5.74) is -0.828. The van der Waals surface area contributed by atoms with Crippen LogP contribution in [0, 0.1) is 5.92 Å². The number of hydrogen-bond acceptors (Lipinski definition) is 7. The number of fused-ring (bicyclic) bond motifs is 1. The molecule has 1 atom stereocenters. The Kier molecular flexibility index (Phi) is 7.06. The topological polar surface area (TPSA) is 104 Å². The van der Waals surface area contributed by atoms with Crippen LogP contribution in [0.5, 0.6) is 17.2 Å². The predicted molar refractivity (Wildman–Crippen MR) is 123 cm³/mol. The van der Waals surface area contributed by atoms with Crippen molar-refractivity contribution in [3.05, 3.63) is 65.0 Å². The number of nitrogens with one attached hydrogen (secondary N) is 1. The molecule has 1 N–H and O–H groups in total. The molecule has 1 aromatic heterocycles. The van der Waals surface area contributed by atoms with E-state index in [0.717, 1.165) is 0 Å². The zero-order chi connectivity index (χ0) is 24.2. The standard InChI is InChI=1S/C25H27NO7/c1-15(2)21(26-24(29)33-25(3,4)5)23(28)32-17-11-12-18-19(13-17)30-14-20(22(18)27)31-16-9-7-6-8-10-16/h6-15,21H,1-5H3,(H,26,29). The smallest absolute Gasteiger partial charge is 0.408 e. The number of alkyl carbamates (subject to hydrolysis) is 1. The van der Waals surface area contributed by atoms with Crippen LogP contribution in [0.4, 0.5) is 4.79 Å². The molecule has 33 heavy (non-hydrogen) atoms. The Balaban J connectivity index is 1.76. The summed E-state index contributed by atoms with van der Waals surface area (Å²) in [6, 6.07) is 12.4. The molecule has 0 fully saturated rings. The maximum absolute atomic E-state index is 12.7. The van der Waals surface area contributed by atoms with Crippen LogP contribution in [0.3, 0.4) is 0 Å². The van der Waals surface area contributed by atoms with Crippen molar-refractivity contribution in [2.45, 2.75) is 46.3 Å². The molecule has 3 rings (SSSR count). The highest BCUT2D eigenvalue weighted by Crippen LogP contribution is 2.24. The number of hydrogen-bond donors (Lipinski definition) is 1. The maximum Gasteiger partial charge on any atom is 0.408 e. The van der Waals surface area contributed by atoms with E-state index in [-0.39, 0.29) is 33.8 Å². The van der Waals surface area contributed by atoms with E-state index in [1.54, 1.807) is 58.9 Å². The average Bonchev–Trinajstić information content (AvgIpc) is 2.73. The second-order valence-corrected chi connectivity index (χ2v) is 8.79. The van der Waals surface area contributed by atoms with E-state index in [1.807, 2.05) is 6.07 Å². The molecule has 8 nitrogen and oxygen atoms in total. The van der Waals surface area contributed by atoms with Crippen LogP contribution in [-0.4, -0.2) is 23.7 Å². The Morgan fingerprint density at radius 1 is 1.00 bits per heavy atom. The van der Waals surface area contributed by atoms with Gasteiger partial charge in [0.2, 0.25) is 11.2 Å². The lowest BCUT2D eigenvalue weighted by molar-refractivity contribution is -0.137. The minimum atomic E-state index is -0.927. The zero-order valence-electron chi connectivity index (χ0n) is 19.2. The first kappa shape index (κ1) is 23.8. The van der Waals surface area contributed by atoms with Crippen molar-refractivity contribution in [2.75, 3.05) is 0 Å². The highest BCUT2D eigenvalue weighted by molar-refractivity contribution is 5.85. The largest absolute Gasteiger partial charge is 0.460 e. The Morgan fingerprint density at radius 3 is 2.33 bits per heavy atom. The molecule has 1 heterocycles. The summed E-state index contributed by atoms with van der Waals surface area (Å²) in [6.07, 6.45) is 0.498. The van der Waals surface area contributed by atoms with Crippen molar-refractivity contribution in [1.29, 1.82) is 0 Å². The normalized spacial score (nSPS) is 12.3. The van der Waals surface area contributed by atoms with Gasteiger partial charge in [-0.25, -0.2) is 9.59 Å².